The molecule has 0 spiro atoms. The molecule has 0 saturated carbocycles. The summed E-state index contributed by atoms with van der Waals surface area (Å²) in [7, 11) is 0. The molecule has 152 valence electrons. The predicted molar refractivity (Wildman–Crippen MR) is 122 cm³/mol. The number of nitrogens with two attached hydrogens (primary N) is 1. The van der Waals surface area contributed by atoms with Gasteiger partial charge in [-0.05, 0) is 59.2 Å². The van der Waals surface area contributed by atoms with Gasteiger partial charge in [0.1, 0.15) is 5.69 Å². The topological polar surface area (TPSA) is 90.0 Å². The molecule has 0 unspecified atom stereocenters. The fraction of sp³-hybridized carbons (Fsp3) is 0. The summed E-state index contributed by atoms with van der Waals surface area (Å²) in [6.45, 7) is 0. The van der Waals surface area contributed by atoms with Crippen molar-refractivity contribution in [3.63, 3.8) is 0 Å². The number of carbonyl (C=O) groups excluding carboxylic acids is 2. The lowest BCUT2D eigenvalue weighted by atomic mass is 10.0. The van der Waals surface area contributed by atoms with Crippen molar-refractivity contribution in [1.29, 1.82) is 0 Å². The lowest BCUT2D eigenvalue weighted by Gasteiger charge is -2.05. The van der Waals surface area contributed by atoms with Gasteiger partial charge in [0.25, 0.3) is 5.91 Å². The second-order valence-electron chi connectivity index (χ2n) is 6.87. The van der Waals surface area contributed by atoms with Gasteiger partial charge in [-0.15, -0.1) is 0 Å². The van der Waals surface area contributed by atoms with Crippen LogP contribution in [0.25, 0.3) is 22.9 Å². The molecule has 1 heterocycles. The number of benzene rings is 3. The van der Waals surface area contributed by atoms with Crippen molar-refractivity contribution in [3.8, 4) is 16.8 Å². The first-order valence-corrected chi connectivity index (χ1v) is 9.69. The van der Waals surface area contributed by atoms with Gasteiger partial charge in [-0.1, -0.05) is 48.5 Å². The lowest BCUT2D eigenvalue weighted by molar-refractivity contribution is -0.111. The standard InChI is InChI=1S/C25H20N4O2/c26-25(31)23-15-16-29(28-23)22-12-10-21(11-13-22)27-24(30)14-9-18-5-4-8-20(17-18)19-6-2-1-3-7-19/h1-17H,(H2,26,31)(H,27,30)/b14-9+. The van der Waals surface area contributed by atoms with Gasteiger partial charge in [0.05, 0.1) is 5.69 Å². The molecule has 3 N–H and O–H groups in total. The van der Waals surface area contributed by atoms with Crippen LogP contribution in [0.5, 0.6) is 0 Å². The monoisotopic (exact) mass is 408 g/mol. The number of amides is 2. The van der Waals surface area contributed by atoms with E-state index in [2.05, 4.69) is 22.5 Å². The van der Waals surface area contributed by atoms with Crippen LogP contribution in [0.15, 0.2) is 97.2 Å². The van der Waals surface area contributed by atoms with Crippen molar-refractivity contribution in [3.05, 3.63) is 108 Å². The maximum Gasteiger partial charge on any atom is 0.269 e. The first kappa shape index (κ1) is 19.8. The van der Waals surface area contributed by atoms with Gasteiger partial charge < -0.3 is 11.1 Å². The van der Waals surface area contributed by atoms with Crippen molar-refractivity contribution in [2.45, 2.75) is 0 Å². The normalized spacial score (nSPS) is 10.8. The molecule has 0 aliphatic carbocycles. The van der Waals surface area contributed by atoms with E-state index >= 15 is 0 Å². The first-order valence-electron chi connectivity index (χ1n) is 9.69. The quantitative estimate of drug-likeness (QED) is 0.466. The first-order chi connectivity index (χ1) is 15.1. The molecule has 31 heavy (non-hydrogen) atoms. The lowest BCUT2D eigenvalue weighted by Crippen LogP contribution is -2.12. The molecule has 0 atom stereocenters. The zero-order valence-electron chi connectivity index (χ0n) is 16.6. The number of carbonyl (C=O) groups is 2. The average Bonchev–Trinajstić information content (AvgIpc) is 3.30. The zero-order valence-corrected chi connectivity index (χ0v) is 16.6. The Morgan fingerprint density at radius 2 is 1.61 bits per heavy atom. The predicted octanol–water partition coefficient (Wildman–Crippen LogP) is 4.29. The van der Waals surface area contributed by atoms with E-state index in [1.807, 2.05) is 42.5 Å². The Kier molecular flexibility index (Phi) is 5.71. The third-order valence-corrected chi connectivity index (χ3v) is 4.66. The van der Waals surface area contributed by atoms with Crippen LogP contribution in [0, 0.1) is 0 Å². The summed E-state index contributed by atoms with van der Waals surface area (Å²) in [6, 6.07) is 26.8. The summed E-state index contributed by atoms with van der Waals surface area (Å²) >= 11 is 0. The van der Waals surface area contributed by atoms with Crippen LogP contribution >= 0.6 is 0 Å². The van der Waals surface area contributed by atoms with Crippen LogP contribution in [0.2, 0.25) is 0 Å². The molecule has 0 saturated heterocycles. The van der Waals surface area contributed by atoms with E-state index < -0.39 is 5.91 Å². The third-order valence-electron chi connectivity index (χ3n) is 4.66. The minimum atomic E-state index is -0.580. The van der Waals surface area contributed by atoms with Gasteiger partial charge in [0.15, 0.2) is 0 Å². The van der Waals surface area contributed by atoms with Gasteiger partial charge >= 0.3 is 0 Å². The van der Waals surface area contributed by atoms with Crippen LogP contribution in [0.1, 0.15) is 16.1 Å². The minimum absolute atomic E-state index is 0.193. The van der Waals surface area contributed by atoms with Crippen LogP contribution in [-0.4, -0.2) is 21.6 Å². The van der Waals surface area contributed by atoms with Gasteiger partial charge in [-0.3, -0.25) is 9.59 Å². The van der Waals surface area contributed by atoms with Crippen molar-refractivity contribution in [2.75, 3.05) is 5.32 Å². The molecular weight excluding hydrogens is 388 g/mol. The van der Waals surface area contributed by atoms with Crippen molar-refractivity contribution < 1.29 is 9.59 Å². The van der Waals surface area contributed by atoms with E-state index in [-0.39, 0.29) is 11.6 Å². The Balaban J connectivity index is 1.40. The molecular formula is C25H20N4O2. The molecule has 0 fully saturated rings. The summed E-state index contributed by atoms with van der Waals surface area (Å²) in [5.74, 6) is -0.809. The highest BCUT2D eigenvalue weighted by molar-refractivity contribution is 6.02. The number of primary amides is 1. The van der Waals surface area contributed by atoms with E-state index in [9.17, 15) is 9.59 Å². The summed E-state index contributed by atoms with van der Waals surface area (Å²) in [4.78, 5) is 23.5. The maximum absolute atomic E-state index is 12.3. The molecule has 3 aromatic carbocycles. The number of anilines is 1. The summed E-state index contributed by atoms with van der Waals surface area (Å²) in [6.07, 6.45) is 4.94. The van der Waals surface area contributed by atoms with E-state index in [1.165, 1.54) is 6.08 Å². The zero-order chi connectivity index (χ0) is 21.6. The number of hydrogen-bond donors (Lipinski definition) is 2. The van der Waals surface area contributed by atoms with E-state index in [1.54, 1.807) is 47.3 Å². The minimum Gasteiger partial charge on any atom is -0.364 e. The molecule has 0 aliphatic heterocycles. The molecule has 0 aliphatic rings. The Hall–Kier alpha value is -4.45. The van der Waals surface area contributed by atoms with E-state index in [4.69, 9.17) is 5.73 Å². The molecule has 4 aromatic rings. The molecule has 6 heteroatoms. The Bertz CT molecular complexity index is 1240. The Morgan fingerprint density at radius 3 is 2.32 bits per heavy atom. The van der Waals surface area contributed by atoms with E-state index in [0.717, 1.165) is 22.4 Å². The third kappa shape index (κ3) is 4.94. The number of nitrogens with one attached hydrogen (secondary N) is 1. The molecule has 0 bridgehead atoms. The molecule has 1 aromatic heterocycles. The largest absolute Gasteiger partial charge is 0.364 e. The molecule has 6 nitrogen and oxygen atoms in total. The molecule has 2 amide bonds. The van der Waals surface area contributed by atoms with Crippen molar-refractivity contribution in [2.24, 2.45) is 5.73 Å². The molecule has 4 rings (SSSR count). The van der Waals surface area contributed by atoms with Crippen LogP contribution in [0.4, 0.5) is 5.69 Å². The van der Waals surface area contributed by atoms with Crippen LogP contribution < -0.4 is 11.1 Å². The van der Waals surface area contributed by atoms with E-state index in [0.29, 0.717) is 5.69 Å². The maximum atomic E-state index is 12.3. The Labute approximate surface area is 179 Å². The summed E-state index contributed by atoms with van der Waals surface area (Å²) in [5, 5.41) is 6.94. The van der Waals surface area contributed by atoms with Gasteiger partial charge in [0, 0.05) is 18.0 Å². The van der Waals surface area contributed by atoms with Crippen LogP contribution in [-0.2, 0) is 4.79 Å². The fourth-order valence-corrected chi connectivity index (χ4v) is 3.10. The second-order valence-corrected chi connectivity index (χ2v) is 6.87. The number of aromatic nitrogens is 2. The highest BCUT2D eigenvalue weighted by Crippen LogP contribution is 2.20. The summed E-state index contributed by atoms with van der Waals surface area (Å²) < 4.78 is 1.55. The van der Waals surface area contributed by atoms with Crippen molar-refractivity contribution in [1.82, 2.24) is 9.78 Å². The van der Waals surface area contributed by atoms with Gasteiger partial charge in [0.2, 0.25) is 5.91 Å². The fourth-order valence-electron chi connectivity index (χ4n) is 3.10. The number of nitrogens with zero attached hydrogens (tertiary/aromatic N) is 2. The summed E-state index contributed by atoms with van der Waals surface area (Å²) in [5.41, 5.74) is 9.98. The highest BCUT2D eigenvalue weighted by Gasteiger charge is 2.06. The highest BCUT2D eigenvalue weighted by atomic mass is 16.1. The smallest absolute Gasteiger partial charge is 0.269 e. The second kappa shape index (κ2) is 8.92. The number of hydrogen-bond acceptors (Lipinski definition) is 3. The van der Waals surface area contributed by atoms with Gasteiger partial charge in [-0.2, -0.15) is 5.10 Å². The SMILES string of the molecule is NC(=O)c1ccn(-c2ccc(NC(=O)/C=C/c3cccc(-c4ccccc4)c3)cc2)n1. The molecule has 0 radical (unpaired) electrons. The number of rotatable bonds is 6. The average molecular weight is 408 g/mol. The van der Waals surface area contributed by atoms with Crippen LogP contribution in [0.3, 0.4) is 0 Å². The Morgan fingerprint density at radius 1 is 0.871 bits per heavy atom. The van der Waals surface area contributed by atoms with Gasteiger partial charge in [-0.25, -0.2) is 4.68 Å². The van der Waals surface area contributed by atoms with Crippen molar-refractivity contribution >= 4 is 23.6 Å².